The second-order valence-corrected chi connectivity index (χ2v) is 10.2. The maximum atomic E-state index is 12.7. The Morgan fingerprint density at radius 2 is 2.07 bits per heavy atom. The van der Waals surface area contributed by atoms with Crippen molar-refractivity contribution in [2.24, 2.45) is 13.0 Å². The normalized spacial score (nSPS) is 17.5. The molecule has 1 atom stereocenters. The van der Waals surface area contributed by atoms with E-state index in [1.165, 1.54) is 37.0 Å². The SMILES string of the molecule is CNS(=O)(=O)c1cc(C(=O)NCC(c2cccs2)N2CCC(C)CC2)n(C)c1. The van der Waals surface area contributed by atoms with E-state index < -0.39 is 10.0 Å². The number of piperidine rings is 1. The fourth-order valence-corrected chi connectivity index (χ4v) is 5.20. The molecule has 0 spiro atoms. The Morgan fingerprint density at radius 1 is 1.36 bits per heavy atom. The summed E-state index contributed by atoms with van der Waals surface area (Å²) in [5.41, 5.74) is 0.325. The zero-order valence-corrected chi connectivity index (χ0v) is 18.1. The topological polar surface area (TPSA) is 83.4 Å². The summed E-state index contributed by atoms with van der Waals surface area (Å²) in [6.07, 6.45) is 3.78. The van der Waals surface area contributed by atoms with E-state index >= 15 is 0 Å². The van der Waals surface area contributed by atoms with Crippen molar-refractivity contribution in [2.75, 3.05) is 26.7 Å². The Balaban J connectivity index is 1.72. The molecule has 3 rings (SSSR count). The average Bonchev–Trinajstić information content (AvgIpc) is 3.33. The van der Waals surface area contributed by atoms with E-state index in [0.29, 0.717) is 12.2 Å². The smallest absolute Gasteiger partial charge is 0.268 e. The number of thiophene rings is 1. The molecule has 28 heavy (non-hydrogen) atoms. The zero-order chi connectivity index (χ0) is 20.3. The quantitative estimate of drug-likeness (QED) is 0.714. The van der Waals surface area contributed by atoms with Gasteiger partial charge in [0.2, 0.25) is 10.0 Å². The fourth-order valence-electron chi connectivity index (χ4n) is 3.54. The van der Waals surface area contributed by atoms with E-state index in [0.717, 1.165) is 19.0 Å². The molecule has 1 amide bonds. The number of hydrogen-bond acceptors (Lipinski definition) is 5. The second kappa shape index (κ2) is 8.77. The van der Waals surface area contributed by atoms with E-state index in [1.54, 1.807) is 23.0 Å². The van der Waals surface area contributed by atoms with Crippen molar-refractivity contribution in [2.45, 2.75) is 30.7 Å². The summed E-state index contributed by atoms with van der Waals surface area (Å²) in [5, 5.41) is 5.07. The van der Waals surface area contributed by atoms with Gasteiger partial charge in [-0.3, -0.25) is 9.69 Å². The lowest BCUT2D eigenvalue weighted by molar-refractivity contribution is 0.0907. The highest BCUT2D eigenvalue weighted by atomic mass is 32.2. The molecule has 0 radical (unpaired) electrons. The van der Waals surface area contributed by atoms with Crippen LogP contribution < -0.4 is 10.0 Å². The summed E-state index contributed by atoms with van der Waals surface area (Å²) in [5.74, 6) is 0.470. The molecule has 1 unspecified atom stereocenters. The van der Waals surface area contributed by atoms with Crippen LogP contribution in [0.25, 0.3) is 0 Å². The van der Waals surface area contributed by atoms with E-state index in [4.69, 9.17) is 0 Å². The highest BCUT2D eigenvalue weighted by Gasteiger charge is 2.26. The van der Waals surface area contributed by atoms with E-state index in [9.17, 15) is 13.2 Å². The van der Waals surface area contributed by atoms with E-state index in [1.807, 2.05) is 6.07 Å². The molecule has 9 heteroatoms. The first-order chi connectivity index (χ1) is 13.3. The van der Waals surface area contributed by atoms with Crippen molar-refractivity contribution in [3.63, 3.8) is 0 Å². The number of carbonyl (C=O) groups excluding carboxylic acids is 1. The molecule has 7 nitrogen and oxygen atoms in total. The maximum absolute atomic E-state index is 12.7. The third kappa shape index (κ3) is 4.65. The van der Waals surface area contributed by atoms with Gasteiger partial charge in [-0.05, 0) is 56.4 Å². The number of likely N-dealkylation sites (tertiary alicyclic amines) is 1. The fraction of sp³-hybridized carbons (Fsp3) is 0.526. The Labute approximate surface area is 170 Å². The minimum absolute atomic E-state index is 0.0856. The van der Waals surface area contributed by atoms with Gasteiger partial charge in [0.05, 0.1) is 6.04 Å². The number of aromatic nitrogens is 1. The molecule has 0 saturated carbocycles. The van der Waals surface area contributed by atoms with Gasteiger partial charge in [-0.2, -0.15) is 0 Å². The van der Waals surface area contributed by atoms with Gasteiger partial charge in [-0.15, -0.1) is 11.3 Å². The number of aryl methyl sites for hydroxylation is 1. The summed E-state index contributed by atoms with van der Waals surface area (Å²) < 4.78 is 27.8. The largest absolute Gasteiger partial charge is 0.349 e. The van der Waals surface area contributed by atoms with Crippen LogP contribution in [0.1, 0.15) is 41.2 Å². The molecule has 1 saturated heterocycles. The van der Waals surface area contributed by atoms with Gasteiger partial charge in [0, 0.05) is 24.7 Å². The van der Waals surface area contributed by atoms with Crippen molar-refractivity contribution in [1.82, 2.24) is 19.5 Å². The van der Waals surface area contributed by atoms with Crippen molar-refractivity contribution < 1.29 is 13.2 Å². The molecule has 1 aliphatic rings. The van der Waals surface area contributed by atoms with Gasteiger partial charge in [-0.1, -0.05) is 13.0 Å². The van der Waals surface area contributed by atoms with Crippen LogP contribution in [-0.2, 0) is 17.1 Å². The first kappa shape index (κ1) is 21.0. The highest BCUT2D eigenvalue weighted by Crippen LogP contribution is 2.29. The van der Waals surface area contributed by atoms with Gasteiger partial charge in [0.25, 0.3) is 5.91 Å². The van der Waals surface area contributed by atoms with Crippen LogP contribution in [0.5, 0.6) is 0 Å². The molecule has 0 bridgehead atoms. The van der Waals surface area contributed by atoms with Crippen molar-refractivity contribution in [3.05, 3.63) is 40.3 Å². The third-order valence-electron chi connectivity index (χ3n) is 5.38. The number of nitrogens with zero attached hydrogens (tertiary/aromatic N) is 2. The molecular formula is C19H28N4O3S2. The molecule has 154 valence electrons. The molecule has 2 aromatic heterocycles. The molecule has 2 N–H and O–H groups in total. The average molecular weight is 425 g/mol. The summed E-state index contributed by atoms with van der Waals surface area (Å²) in [7, 11) is -0.553. The Kier molecular flexibility index (Phi) is 6.59. The highest BCUT2D eigenvalue weighted by molar-refractivity contribution is 7.89. The molecule has 0 aliphatic carbocycles. The first-order valence-corrected chi connectivity index (χ1v) is 11.8. The lowest BCUT2D eigenvalue weighted by atomic mass is 9.97. The van der Waals surface area contributed by atoms with Crippen molar-refractivity contribution >= 4 is 27.3 Å². The Bertz CT molecular complexity index is 898. The molecule has 2 aromatic rings. The standard InChI is InChI=1S/C19H28N4O3S2/c1-14-6-8-23(9-7-14)17(18-5-4-10-27-18)12-21-19(24)16-11-15(13-22(16)3)28(25,26)20-2/h4-5,10-11,13-14,17,20H,6-9,12H2,1-3H3,(H,21,24). The van der Waals surface area contributed by atoms with Gasteiger partial charge >= 0.3 is 0 Å². The predicted molar refractivity (Wildman–Crippen MR) is 111 cm³/mol. The lowest BCUT2D eigenvalue weighted by Gasteiger charge is -2.36. The minimum atomic E-state index is -3.58. The number of rotatable bonds is 7. The first-order valence-electron chi connectivity index (χ1n) is 9.47. The molecular weight excluding hydrogens is 396 g/mol. The van der Waals surface area contributed by atoms with Gasteiger partial charge in [0.15, 0.2) is 0 Å². The van der Waals surface area contributed by atoms with E-state index in [-0.39, 0.29) is 16.8 Å². The van der Waals surface area contributed by atoms with Crippen LogP contribution >= 0.6 is 11.3 Å². The van der Waals surface area contributed by atoms with Gasteiger partial charge in [-0.25, -0.2) is 13.1 Å². The van der Waals surface area contributed by atoms with Crippen LogP contribution in [0.15, 0.2) is 34.7 Å². The Morgan fingerprint density at radius 3 is 2.68 bits per heavy atom. The van der Waals surface area contributed by atoms with Gasteiger partial charge < -0.3 is 9.88 Å². The van der Waals surface area contributed by atoms with Crippen LogP contribution in [0.2, 0.25) is 0 Å². The van der Waals surface area contributed by atoms with Crippen molar-refractivity contribution in [1.29, 1.82) is 0 Å². The monoisotopic (exact) mass is 424 g/mol. The molecule has 3 heterocycles. The zero-order valence-electron chi connectivity index (χ0n) is 16.5. The van der Waals surface area contributed by atoms with Crippen molar-refractivity contribution in [3.8, 4) is 0 Å². The predicted octanol–water partition coefficient (Wildman–Crippen LogP) is 2.20. The maximum Gasteiger partial charge on any atom is 0.268 e. The Hall–Kier alpha value is -1.68. The number of amides is 1. The number of sulfonamides is 1. The molecule has 1 aliphatic heterocycles. The van der Waals surface area contributed by atoms with E-state index in [2.05, 4.69) is 33.3 Å². The number of carbonyl (C=O) groups is 1. The minimum Gasteiger partial charge on any atom is -0.349 e. The van der Waals surface area contributed by atoms with Crippen LogP contribution in [0, 0.1) is 5.92 Å². The third-order valence-corrected chi connectivity index (χ3v) is 7.73. The van der Waals surface area contributed by atoms with Crippen LogP contribution in [-0.4, -0.2) is 50.5 Å². The summed E-state index contributed by atoms with van der Waals surface area (Å²) in [6.45, 7) is 4.82. The molecule has 1 fully saturated rings. The second-order valence-electron chi connectivity index (χ2n) is 7.34. The lowest BCUT2D eigenvalue weighted by Crippen LogP contribution is -2.41. The number of nitrogens with one attached hydrogen (secondary N) is 2. The summed E-state index contributed by atoms with van der Waals surface area (Å²) in [6, 6.07) is 5.69. The number of hydrogen-bond donors (Lipinski definition) is 2. The summed E-state index contributed by atoms with van der Waals surface area (Å²) >= 11 is 1.70. The van der Waals surface area contributed by atoms with Crippen LogP contribution in [0.3, 0.4) is 0 Å². The van der Waals surface area contributed by atoms with Crippen LogP contribution in [0.4, 0.5) is 0 Å². The molecule has 0 aromatic carbocycles. The summed E-state index contributed by atoms with van der Waals surface area (Å²) in [4.78, 5) is 16.5. The van der Waals surface area contributed by atoms with Gasteiger partial charge in [0.1, 0.15) is 10.6 Å².